The van der Waals surface area contributed by atoms with E-state index in [1.807, 2.05) is 0 Å². The molecule has 1 saturated carbocycles. The van der Waals surface area contributed by atoms with Crippen LogP contribution in [-0.2, 0) is 6.42 Å². The Morgan fingerprint density at radius 3 is 2.47 bits per heavy atom. The summed E-state index contributed by atoms with van der Waals surface area (Å²) >= 11 is 0. The number of likely N-dealkylation sites (tertiary alicyclic amines) is 1. The molecule has 1 aromatic heterocycles. The molecular formula is C25H35N3O2. The zero-order chi connectivity index (χ0) is 20.8. The molecule has 1 aliphatic carbocycles. The van der Waals surface area contributed by atoms with Gasteiger partial charge in [-0.3, -0.25) is 0 Å². The number of nitrogens with zero attached hydrogens (tertiary/aromatic N) is 3. The van der Waals surface area contributed by atoms with E-state index in [1.165, 1.54) is 32.1 Å². The van der Waals surface area contributed by atoms with Crippen molar-refractivity contribution in [3.05, 3.63) is 36.0 Å². The third kappa shape index (κ3) is 5.51. The Morgan fingerprint density at radius 2 is 1.77 bits per heavy atom. The van der Waals surface area contributed by atoms with Gasteiger partial charge in [-0.15, -0.1) is 5.10 Å². The van der Waals surface area contributed by atoms with E-state index in [1.54, 1.807) is 0 Å². The van der Waals surface area contributed by atoms with Crippen LogP contribution in [0, 0.1) is 0 Å². The van der Waals surface area contributed by atoms with Crippen LogP contribution in [0.2, 0.25) is 0 Å². The van der Waals surface area contributed by atoms with Crippen molar-refractivity contribution in [3.63, 3.8) is 0 Å². The highest BCUT2D eigenvalue weighted by molar-refractivity contribution is 5.67. The molecule has 0 N–H and O–H groups in total. The average Bonchev–Trinajstić information content (AvgIpc) is 3.18. The molecule has 5 heteroatoms. The van der Waals surface area contributed by atoms with E-state index in [9.17, 15) is 0 Å². The highest BCUT2D eigenvalue weighted by atomic mass is 16.5. The van der Waals surface area contributed by atoms with Crippen LogP contribution in [0.1, 0.15) is 64.0 Å². The van der Waals surface area contributed by atoms with Crippen LogP contribution in [0.25, 0.3) is 11.1 Å². The lowest BCUT2D eigenvalue weighted by molar-refractivity contribution is 0.155. The van der Waals surface area contributed by atoms with Crippen LogP contribution in [0.15, 0.2) is 30.3 Å². The third-order valence-corrected chi connectivity index (χ3v) is 6.27. The van der Waals surface area contributed by atoms with Crippen molar-refractivity contribution in [3.8, 4) is 22.8 Å². The van der Waals surface area contributed by atoms with Crippen LogP contribution in [-0.4, -0.2) is 47.4 Å². The van der Waals surface area contributed by atoms with Crippen LogP contribution in [0.4, 0.5) is 0 Å². The van der Waals surface area contributed by atoms with Gasteiger partial charge in [0.1, 0.15) is 11.9 Å². The molecule has 2 fully saturated rings. The number of benzene rings is 1. The highest BCUT2D eigenvalue weighted by Crippen LogP contribution is 2.30. The minimum Gasteiger partial charge on any atom is -0.490 e. The Bertz CT molecular complexity index is 803. The Labute approximate surface area is 180 Å². The fourth-order valence-electron chi connectivity index (χ4n) is 4.49. The lowest BCUT2D eigenvalue weighted by Gasteiger charge is -2.23. The zero-order valence-electron chi connectivity index (χ0n) is 18.5. The van der Waals surface area contributed by atoms with Gasteiger partial charge in [-0.2, -0.15) is 5.10 Å². The molecular weight excluding hydrogens is 374 g/mol. The molecule has 1 aromatic carbocycles. The van der Waals surface area contributed by atoms with Gasteiger partial charge < -0.3 is 14.4 Å². The van der Waals surface area contributed by atoms with Gasteiger partial charge in [0, 0.05) is 24.7 Å². The molecule has 4 rings (SSSR count). The summed E-state index contributed by atoms with van der Waals surface area (Å²) in [6, 6.07) is 10.6. The number of aryl methyl sites for hydroxylation is 1. The second kappa shape index (κ2) is 10.3. The summed E-state index contributed by atoms with van der Waals surface area (Å²) in [5.41, 5.74) is 3.33. The first-order valence-electron chi connectivity index (χ1n) is 11.7. The predicted octanol–water partition coefficient (Wildman–Crippen LogP) is 5.28. The summed E-state index contributed by atoms with van der Waals surface area (Å²) in [7, 11) is 2.13. The van der Waals surface area contributed by atoms with Gasteiger partial charge in [0.15, 0.2) is 0 Å². The monoisotopic (exact) mass is 409 g/mol. The fraction of sp³-hybridized carbons (Fsp3) is 0.600. The summed E-state index contributed by atoms with van der Waals surface area (Å²) in [6.07, 6.45) is 11.1. The lowest BCUT2D eigenvalue weighted by Crippen LogP contribution is -2.22. The van der Waals surface area contributed by atoms with Gasteiger partial charge in [0.2, 0.25) is 5.88 Å². The van der Waals surface area contributed by atoms with Crippen molar-refractivity contribution in [1.82, 2.24) is 15.1 Å². The molecule has 5 nitrogen and oxygen atoms in total. The topological polar surface area (TPSA) is 47.5 Å². The van der Waals surface area contributed by atoms with E-state index in [4.69, 9.17) is 9.47 Å². The van der Waals surface area contributed by atoms with Crippen LogP contribution in [0.5, 0.6) is 11.6 Å². The molecule has 0 bridgehead atoms. The molecule has 0 spiro atoms. The summed E-state index contributed by atoms with van der Waals surface area (Å²) in [5.74, 6) is 1.60. The average molecular weight is 410 g/mol. The van der Waals surface area contributed by atoms with Crippen molar-refractivity contribution in [1.29, 1.82) is 0 Å². The largest absolute Gasteiger partial charge is 0.490 e. The van der Waals surface area contributed by atoms with Crippen molar-refractivity contribution in [2.75, 3.05) is 20.1 Å². The fourth-order valence-corrected chi connectivity index (χ4v) is 4.49. The van der Waals surface area contributed by atoms with E-state index >= 15 is 0 Å². The molecule has 0 radical (unpaired) electrons. The molecule has 0 amide bonds. The second-order valence-corrected chi connectivity index (χ2v) is 8.84. The SMILES string of the molecule is CCCCc1nnc(O[C@H]2CCN(C)C2)cc1-c1ccc(OC2CCCCC2)cc1. The number of rotatable bonds is 8. The number of ether oxygens (including phenoxy) is 2. The molecule has 1 saturated heterocycles. The molecule has 1 aliphatic heterocycles. The lowest BCUT2D eigenvalue weighted by atomic mass is 9.97. The van der Waals surface area contributed by atoms with Gasteiger partial charge in [-0.25, -0.2) is 0 Å². The molecule has 2 aliphatic rings. The van der Waals surface area contributed by atoms with Crippen LogP contribution < -0.4 is 9.47 Å². The molecule has 0 unspecified atom stereocenters. The van der Waals surface area contributed by atoms with E-state index in [0.717, 1.165) is 61.3 Å². The first kappa shape index (κ1) is 21.1. The maximum Gasteiger partial charge on any atom is 0.234 e. The second-order valence-electron chi connectivity index (χ2n) is 8.84. The normalized spacial score (nSPS) is 20.4. The summed E-state index contributed by atoms with van der Waals surface area (Å²) in [6.45, 7) is 4.22. The van der Waals surface area contributed by atoms with Crippen LogP contribution in [0.3, 0.4) is 0 Å². The first-order chi connectivity index (χ1) is 14.7. The summed E-state index contributed by atoms with van der Waals surface area (Å²) < 4.78 is 12.4. The minimum atomic E-state index is 0.199. The summed E-state index contributed by atoms with van der Waals surface area (Å²) in [4.78, 5) is 2.29. The Hall–Kier alpha value is -2.14. The Balaban J connectivity index is 1.51. The molecule has 2 aromatic rings. The molecule has 1 atom stereocenters. The number of hydrogen-bond donors (Lipinski definition) is 0. The van der Waals surface area contributed by atoms with Gasteiger partial charge in [0.25, 0.3) is 0 Å². The Morgan fingerprint density at radius 1 is 0.967 bits per heavy atom. The van der Waals surface area contributed by atoms with Gasteiger partial charge in [-0.1, -0.05) is 31.9 Å². The van der Waals surface area contributed by atoms with Crippen molar-refractivity contribution in [2.45, 2.75) is 76.9 Å². The van der Waals surface area contributed by atoms with E-state index in [-0.39, 0.29) is 6.10 Å². The first-order valence-corrected chi connectivity index (χ1v) is 11.7. The van der Waals surface area contributed by atoms with Gasteiger partial charge in [-0.05, 0) is 69.7 Å². The van der Waals surface area contributed by atoms with E-state index < -0.39 is 0 Å². The van der Waals surface area contributed by atoms with Gasteiger partial charge in [0.05, 0.1) is 11.8 Å². The molecule has 162 valence electrons. The van der Waals surface area contributed by atoms with Crippen molar-refractivity contribution < 1.29 is 9.47 Å². The predicted molar refractivity (Wildman–Crippen MR) is 120 cm³/mol. The van der Waals surface area contributed by atoms with E-state index in [2.05, 4.69) is 59.4 Å². The maximum absolute atomic E-state index is 6.21. The van der Waals surface area contributed by atoms with Crippen molar-refractivity contribution in [2.24, 2.45) is 0 Å². The minimum absolute atomic E-state index is 0.199. The highest BCUT2D eigenvalue weighted by Gasteiger charge is 2.22. The van der Waals surface area contributed by atoms with Crippen LogP contribution >= 0.6 is 0 Å². The smallest absolute Gasteiger partial charge is 0.234 e. The maximum atomic E-state index is 6.21. The number of unbranched alkanes of at least 4 members (excludes halogenated alkanes) is 1. The molecule has 2 heterocycles. The van der Waals surface area contributed by atoms with Crippen molar-refractivity contribution >= 4 is 0 Å². The number of aromatic nitrogens is 2. The quantitative estimate of drug-likeness (QED) is 0.593. The summed E-state index contributed by atoms with van der Waals surface area (Å²) in [5, 5.41) is 8.94. The van der Waals surface area contributed by atoms with E-state index in [0.29, 0.717) is 12.0 Å². The Kier molecular flexibility index (Phi) is 7.21. The zero-order valence-corrected chi connectivity index (χ0v) is 18.5. The standard InChI is InChI=1S/C25H35N3O2/c1-3-4-10-24-23(17-25(27-26-24)30-22-15-16-28(2)18-22)19-11-13-21(14-12-19)29-20-8-6-5-7-9-20/h11-14,17,20,22H,3-10,15-16,18H2,1-2H3/t22-/m0/s1. The molecule has 30 heavy (non-hydrogen) atoms. The van der Waals surface area contributed by atoms with Gasteiger partial charge >= 0.3 is 0 Å². The number of likely N-dealkylation sites (N-methyl/N-ethyl adjacent to an activating group) is 1. The third-order valence-electron chi connectivity index (χ3n) is 6.27. The number of hydrogen-bond acceptors (Lipinski definition) is 5.